The number of nitrogens with one attached hydrogen (secondary N) is 1. The van der Waals surface area contributed by atoms with Crippen LogP contribution in [0.1, 0.15) is 41.3 Å². The van der Waals surface area contributed by atoms with Crippen LogP contribution in [0, 0.1) is 0 Å². The van der Waals surface area contributed by atoms with E-state index in [0.717, 1.165) is 5.56 Å². The van der Waals surface area contributed by atoms with Crippen LogP contribution in [0.5, 0.6) is 0 Å². The highest BCUT2D eigenvalue weighted by Gasteiger charge is 2.22. The number of rotatable bonds is 6. The van der Waals surface area contributed by atoms with Crippen molar-refractivity contribution >= 4 is 11.9 Å². The highest BCUT2D eigenvalue weighted by Crippen LogP contribution is 2.16. The molecule has 0 fully saturated rings. The second-order valence-electron chi connectivity index (χ2n) is 6.02. The molecule has 2 rings (SSSR count). The predicted octanol–water partition coefficient (Wildman–Crippen LogP) is 3.32. The summed E-state index contributed by atoms with van der Waals surface area (Å²) in [7, 11) is 1.33. The van der Waals surface area contributed by atoms with E-state index in [2.05, 4.69) is 19.2 Å². The van der Waals surface area contributed by atoms with E-state index in [1.54, 1.807) is 24.3 Å². The number of carbonyl (C=O) groups is 2. The molecule has 1 amide bonds. The lowest BCUT2D eigenvalue weighted by Gasteiger charge is -2.17. The molecule has 1 N–H and O–H groups in total. The van der Waals surface area contributed by atoms with Gasteiger partial charge in [-0.3, -0.25) is 4.79 Å². The molecule has 2 aromatic rings. The summed E-state index contributed by atoms with van der Waals surface area (Å²) < 4.78 is 4.83. The maximum Gasteiger partial charge on any atom is 0.328 e. The summed E-state index contributed by atoms with van der Waals surface area (Å²) in [5, 5.41) is 2.76. The van der Waals surface area contributed by atoms with Gasteiger partial charge in [-0.15, -0.1) is 0 Å². The van der Waals surface area contributed by atoms with E-state index in [9.17, 15) is 9.59 Å². The molecule has 2 aromatic carbocycles. The Hall–Kier alpha value is -2.62. The van der Waals surface area contributed by atoms with Crippen LogP contribution in [0.4, 0.5) is 0 Å². The van der Waals surface area contributed by atoms with E-state index >= 15 is 0 Å². The van der Waals surface area contributed by atoms with E-state index in [1.807, 2.05) is 30.3 Å². The Morgan fingerprint density at radius 1 is 1.00 bits per heavy atom. The van der Waals surface area contributed by atoms with Gasteiger partial charge in [0.2, 0.25) is 0 Å². The van der Waals surface area contributed by atoms with Gasteiger partial charge in [-0.25, -0.2) is 4.79 Å². The molecule has 1 unspecified atom stereocenters. The average molecular weight is 325 g/mol. The van der Waals surface area contributed by atoms with E-state index in [1.165, 1.54) is 12.7 Å². The number of ether oxygens (including phenoxy) is 1. The van der Waals surface area contributed by atoms with Crippen LogP contribution < -0.4 is 5.32 Å². The Bertz CT molecular complexity index is 678. The monoisotopic (exact) mass is 325 g/mol. The molecular formula is C20H23NO3. The first kappa shape index (κ1) is 17.7. The van der Waals surface area contributed by atoms with Crippen LogP contribution in [0.2, 0.25) is 0 Å². The maximum absolute atomic E-state index is 12.3. The minimum absolute atomic E-state index is 0.287. The summed E-state index contributed by atoms with van der Waals surface area (Å²) in [4.78, 5) is 24.3. The second-order valence-corrected chi connectivity index (χ2v) is 6.02. The summed E-state index contributed by atoms with van der Waals surface area (Å²) in [6, 6.07) is 16.2. The fourth-order valence-corrected chi connectivity index (χ4v) is 2.44. The van der Waals surface area contributed by atoms with Gasteiger partial charge < -0.3 is 10.1 Å². The standard InChI is InChI=1S/C20H23NO3/c1-14(2)16-11-9-15(10-12-16)13-18(20(23)24-3)21-19(22)17-7-5-4-6-8-17/h4-12,14,18H,13H2,1-3H3,(H,21,22). The topological polar surface area (TPSA) is 55.4 Å². The Morgan fingerprint density at radius 3 is 2.17 bits per heavy atom. The summed E-state index contributed by atoms with van der Waals surface area (Å²) in [5.74, 6) is -0.287. The first-order valence-corrected chi connectivity index (χ1v) is 8.04. The smallest absolute Gasteiger partial charge is 0.328 e. The normalized spacial score (nSPS) is 11.8. The Kier molecular flexibility index (Phi) is 6.13. The third-order valence-electron chi connectivity index (χ3n) is 3.91. The van der Waals surface area contributed by atoms with Crippen molar-refractivity contribution in [3.05, 3.63) is 71.3 Å². The van der Waals surface area contributed by atoms with Crippen molar-refractivity contribution in [2.24, 2.45) is 0 Å². The summed E-state index contributed by atoms with van der Waals surface area (Å²) in [5.41, 5.74) is 2.73. The lowest BCUT2D eigenvalue weighted by atomic mass is 9.99. The molecular weight excluding hydrogens is 302 g/mol. The zero-order valence-electron chi connectivity index (χ0n) is 14.3. The van der Waals surface area contributed by atoms with Crippen molar-refractivity contribution in [1.82, 2.24) is 5.32 Å². The largest absolute Gasteiger partial charge is 0.467 e. The van der Waals surface area contributed by atoms with Crippen molar-refractivity contribution in [2.45, 2.75) is 32.2 Å². The number of carbonyl (C=O) groups excluding carboxylic acids is 2. The van der Waals surface area contributed by atoms with E-state index in [4.69, 9.17) is 4.74 Å². The minimum atomic E-state index is -0.715. The van der Waals surface area contributed by atoms with E-state index in [0.29, 0.717) is 17.9 Å². The molecule has 0 aliphatic rings. The van der Waals surface area contributed by atoms with Gasteiger partial charge in [0, 0.05) is 12.0 Å². The zero-order valence-corrected chi connectivity index (χ0v) is 14.3. The van der Waals surface area contributed by atoms with Gasteiger partial charge >= 0.3 is 5.97 Å². The highest BCUT2D eigenvalue weighted by molar-refractivity contribution is 5.96. The molecule has 0 saturated carbocycles. The van der Waals surface area contributed by atoms with Crippen LogP contribution in [-0.2, 0) is 16.0 Å². The minimum Gasteiger partial charge on any atom is -0.467 e. The molecule has 0 aliphatic carbocycles. The van der Waals surface area contributed by atoms with Crippen molar-refractivity contribution < 1.29 is 14.3 Å². The fourth-order valence-electron chi connectivity index (χ4n) is 2.44. The van der Waals surface area contributed by atoms with Crippen LogP contribution in [-0.4, -0.2) is 25.0 Å². The van der Waals surface area contributed by atoms with Crippen molar-refractivity contribution in [3.63, 3.8) is 0 Å². The molecule has 0 saturated heterocycles. The molecule has 1 atom stereocenters. The molecule has 0 aromatic heterocycles. The maximum atomic E-state index is 12.3. The van der Waals surface area contributed by atoms with Crippen LogP contribution in [0.15, 0.2) is 54.6 Å². The van der Waals surface area contributed by atoms with E-state index < -0.39 is 12.0 Å². The number of esters is 1. The second kappa shape index (κ2) is 8.29. The van der Waals surface area contributed by atoms with Crippen LogP contribution >= 0.6 is 0 Å². The van der Waals surface area contributed by atoms with Crippen molar-refractivity contribution in [3.8, 4) is 0 Å². The van der Waals surface area contributed by atoms with Gasteiger partial charge in [0.25, 0.3) is 5.91 Å². The Labute approximate surface area is 142 Å². The number of methoxy groups -OCH3 is 1. The number of hydrogen-bond donors (Lipinski definition) is 1. The summed E-state index contributed by atoms with van der Waals surface area (Å²) in [6.45, 7) is 4.26. The molecule has 0 aliphatic heterocycles. The molecule has 0 radical (unpaired) electrons. The number of benzene rings is 2. The molecule has 24 heavy (non-hydrogen) atoms. The van der Waals surface area contributed by atoms with Gasteiger partial charge in [0.05, 0.1) is 7.11 Å². The van der Waals surface area contributed by atoms with Gasteiger partial charge in [-0.1, -0.05) is 56.3 Å². The Morgan fingerprint density at radius 2 is 1.62 bits per heavy atom. The van der Waals surface area contributed by atoms with Gasteiger partial charge in [-0.2, -0.15) is 0 Å². The Balaban J connectivity index is 2.11. The molecule has 0 heterocycles. The number of amides is 1. The van der Waals surface area contributed by atoms with Gasteiger partial charge in [-0.05, 0) is 29.2 Å². The quantitative estimate of drug-likeness (QED) is 0.829. The average Bonchev–Trinajstić information content (AvgIpc) is 2.61. The van der Waals surface area contributed by atoms with Crippen molar-refractivity contribution in [1.29, 1.82) is 0 Å². The first-order chi connectivity index (χ1) is 11.5. The summed E-state index contributed by atoms with van der Waals surface area (Å²) >= 11 is 0. The molecule has 4 heteroatoms. The zero-order chi connectivity index (χ0) is 17.5. The first-order valence-electron chi connectivity index (χ1n) is 8.04. The van der Waals surface area contributed by atoms with E-state index in [-0.39, 0.29) is 5.91 Å². The number of hydrogen-bond acceptors (Lipinski definition) is 3. The summed E-state index contributed by atoms with van der Waals surface area (Å²) in [6.07, 6.45) is 0.392. The molecule has 0 spiro atoms. The van der Waals surface area contributed by atoms with Crippen molar-refractivity contribution in [2.75, 3.05) is 7.11 Å². The van der Waals surface area contributed by atoms with Crippen LogP contribution in [0.3, 0.4) is 0 Å². The molecule has 126 valence electrons. The van der Waals surface area contributed by atoms with Crippen LogP contribution in [0.25, 0.3) is 0 Å². The predicted molar refractivity (Wildman–Crippen MR) is 93.9 cm³/mol. The van der Waals surface area contributed by atoms with Gasteiger partial charge in [0.15, 0.2) is 0 Å². The lowest BCUT2D eigenvalue weighted by Crippen LogP contribution is -2.43. The molecule has 0 bridgehead atoms. The third-order valence-corrected chi connectivity index (χ3v) is 3.91. The SMILES string of the molecule is COC(=O)C(Cc1ccc(C(C)C)cc1)NC(=O)c1ccccc1. The highest BCUT2D eigenvalue weighted by atomic mass is 16.5. The molecule has 4 nitrogen and oxygen atoms in total. The third kappa shape index (κ3) is 4.69. The lowest BCUT2D eigenvalue weighted by molar-refractivity contribution is -0.142. The fraction of sp³-hybridized carbons (Fsp3) is 0.300. The van der Waals surface area contributed by atoms with Gasteiger partial charge in [0.1, 0.15) is 6.04 Å².